The van der Waals surface area contributed by atoms with Crippen molar-refractivity contribution in [2.75, 3.05) is 34.5 Å². The van der Waals surface area contributed by atoms with Crippen LogP contribution < -0.4 is 18.9 Å². The van der Waals surface area contributed by atoms with Crippen LogP contribution in [0.2, 0.25) is 0 Å². The molecule has 1 fully saturated rings. The van der Waals surface area contributed by atoms with Gasteiger partial charge in [-0.15, -0.1) is 0 Å². The van der Waals surface area contributed by atoms with Gasteiger partial charge in [0.05, 0.1) is 20.8 Å². The Morgan fingerprint density at radius 2 is 1.28 bits per heavy atom. The molecule has 0 saturated carbocycles. The number of hydrogen-bond acceptors (Lipinski definition) is 16. The normalized spacial score (nSPS) is 21.1. The van der Waals surface area contributed by atoms with Crippen LogP contribution >= 0.6 is 0 Å². The Bertz CT molecular complexity index is 1490. The topological polar surface area (TPSA) is 187 Å². The molecule has 1 aliphatic rings. The van der Waals surface area contributed by atoms with E-state index in [1.807, 2.05) is 0 Å². The van der Waals surface area contributed by atoms with Crippen molar-refractivity contribution in [1.82, 2.24) is 0 Å². The molecule has 3 rings (SSSR count). The van der Waals surface area contributed by atoms with Crippen molar-refractivity contribution in [2.45, 2.75) is 77.5 Å². The first-order chi connectivity index (χ1) is 23.8. The number of esters is 5. The van der Waals surface area contributed by atoms with Crippen LogP contribution in [0.25, 0.3) is 0 Å². The summed E-state index contributed by atoms with van der Waals surface area (Å²) in [4.78, 5) is 60.2. The summed E-state index contributed by atoms with van der Waals surface area (Å²) in [5.74, 6) is -2.48. The van der Waals surface area contributed by atoms with Crippen LogP contribution in [-0.2, 0) is 57.1 Å². The van der Waals surface area contributed by atoms with Crippen LogP contribution in [0.3, 0.4) is 0 Å². The molecule has 1 saturated heterocycles. The van der Waals surface area contributed by atoms with Gasteiger partial charge in [-0.3, -0.25) is 24.0 Å². The monoisotopic (exact) mass is 706 g/mol. The summed E-state index contributed by atoms with van der Waals surface area (Å²) in [5.41, 5.74) is 0.405. The zero-order chi connectivity index (χ0) is 37.0. The number of hydrogen-bond donors (Lipinski definition) is 0. The third-order valence-electron chi connectivity index (χ3n) is 7.08. The van der Waals surface area contributed by atoms with Crippen molar-refractivity contribution in [1.29, 1.82) is 0 Å². The lowest BCUT2D eigenvalue weighted by Gasteiger charge is -2.44. The molecule has 0 bridgehead atoms. The molecular formula is C34H42O16. The Kier molecular flexibility index (Phi) is 14.8. The molecule has 0 radical (unpaired) electrons. The third-order valence-corrected chi connectivity index (χ3v) is 7.08. The van der Waals surface area contributed by atoms with Gasteiger partial charge in [0, 0.05) is 41.7 Å². The van der Waals surface area contributed by atoms with Gasteiger partial charge in [0.1, 0.15) is 18.8 Å². The molecule has 1 aliphatic heterocycles. The molecule has 0 N–H and O–H groups in total. The van der Waals surface area contributed by atoms with E-state index in [9.17, 15) is 24.0 Å². The molecule has 2 aromatic carbocycles. The number of carbonyl (C=O) groups excluding carboxylic acids is 5. The van der Waals surface area contributed by atoms with Crippen LogP contribution in [-0.4, -0.2) is 101 Å². The van der Waals surface area contributed by atoms with E-state index in [0.717, 1.165) is 20.8 Å². The van der Waals surface area contributed by atoms with E-state index in [1.165, 1.54) is 47.3 Å². The van der Waals surface area contributed by atoms with Crippen LogP contribution in [0.1, 0.15) is 46.3 Å². The van der Waals surface area contributed by atoms with E-state index in [2.05, 4.69) is 0 Å². The first-order valence-electron chi connectivity index (χ1n) is 15.4. The molecule has 0 spiro atoms. The molecule has 274 valence electrons. The number of para-hydroxylation sites is 2. The van der Waals surface area contributed by atoms with Crippen LogP contribution in [0, 0.1) is 0 Å². The maximum atomic E-state index is 12.3. The zero-order valence-corrected chi connectivity index (χ0v) is 29.0. The zero-order valence-electron chi connectivity index (χ0n) is 29.0. The number of ether oxygens (including phenoxy) is 11. The van der Waals surface area contributed by atoms with Gasteiger partial charge in [0.25, 0.3) is 0 Å². The van der Waals surface area contributed by atoms with E-state index in [0.29, 0.717) is 11.3 Å². The fourth-order valence-corrected chi connectivity index (χ4v) is 5.16. The number of benzene rings is 2. The Labute approximate surface area is 289 Å². The Hall–Kier alpha value is -4.93. The average Bonchev–Trinajstić information content (AvgIpc) is 3.05. The number of methoxy groups -OCH3 is 3. The van der Waals surface area contributed by atoms with Crippen molar-refractivity contribution in [2.24, 2.45) is 0 Å². The molecule has 1 heterocycles. The molecule has 0 unspecified atom stereocenters. The highest BCUT2D eigenvalue weighted by molar-refractivity contribution is 5.70. The minimum absolute atomic E-state index is 0.124. The Balaban J connectivity index is 2.12. The number of rotatable bonds is 16. The fraction of sp³-hybridized carbons (Fsp3) is 0.500. The van der Waals surface area contributed by atoms with Crippen molar-refractivity contribution in [3.63, 3.8) is 0 Å². The predicted octanol–water partition coefficient (Wildman–Crippen LogP) is 2.86. The SMILES string of the molecule is COc1cc([C@@H](OC[C@H]2O[C@H](OC)[C@H](OC(C)=O)[C@@H](OC(C)=O)[C@H]2OC(C)=O)[C@@H](COC(C)=O)Oc2ccccc2OC)ccc1OC(C)=O. The van der Waals surface area contributed by atoms with Gasteiger partial charge in [-0.25, -0.2) is 0 Å². The summed E-state index contributed by atoms with van der Waals surface area (Å²) < 4.78 is 62.4. The van der Waals surface area contributed by atoms with Crippen molar-refractivity contribution in [3.8, 4) is 23.0 Å². The molecule has 0 aliphatic carbocycles. The van der Waals surface area contributed by atoms with E-state index in [1.54, 1.807) is 30.3 Å². The molecular weight excluding hydrogens is 664 g/mol. The smallest absolute Gasteiger partial charge is 0.308 e. The first kappa shape index (κ1) is 39.5. The fourth-order valence-electron chi connectivity index (χ4n) is 5.16. The van der Waals surface area contributed by atoms with Crippen molar-refractivity contribution < 1.29 is 76.1 Å². The lowest BCUT2D eigenvalue weighted by Crippen LogP contribution is -2.62. The summed E-state index contributed by atoms with van der Waals surface area (Å²) >= 11 is 0. The summed E-state index contributed by atoms with van der Waals surface area (Å²) in [7, 11) is 4.12. The predicted molar refractivity (Wildman–Crippen MR) is 169 cm³/mol. The van der Waals surface area contributed by atoms with E-state index >= 15 is 0 Å². The molecule has 16 heteroatoms. The molecule has 16 nitrogen and oxygen atoms in total. The van der Waals surface area contributed by atoms with Gasteiger partial charge in [-0.2, -0.15) is 0 Å². The van der Waals surface area contributed by atoms with E-state index in [4.69, 9.17) is 52.1 Å². The van der Waals surface area contributed by atoms with E-state index in [-0.39, 0.29) is 30.5 Å². The quantitative estimate of drug-likeness (QED) is 0.141. The second-order valence-electron chi connectivity index (χ2n) is 10.9. The van der Waals surface area contributed by atoms with Crippen LogP contribution in [0.5, 0.6) is 23.0 Å². The van der Waals surface area contributed by atoms with Gasteiger partial charge in [0.2, 0.25) is 0 Å². The van der Waals surface area contributed by atoms with Crippen molar-refractivity contribution >= 4 is 29.8 Å². The number of carbonyl (C=O) groups is 5. The van der Waals surface area contributed by atoms with Crippen LogP contribution in [0.4, 0.5) is 0 Å². The summed E-state index contributed by atoms with van der Waals surface area (Å²) in [6, 6.07) is 11.4. The van der Waals surface area contributed by atoms with Gasteiger partial charge in [-0.05, 0) is 29.8 Å². The summed E-state index contributed by atoms with van der Waals surface area (Å²) in [6.45, 7) is 5.18. The Morgan fingerprint density at radius 1 is 0.680 bits per heavy atom. The lowest BCUT2D eigenvalue weighted by molar-refractivity contribution is -0.305. The first-order valence-corrected chi connectivity index (χ1v) is 15.4. The second kappa shape index (κ2) is 18.7. The van der Waals surface area contributed by atoms with Gasteiger partial charge < -0.3 is 52.1 Å². The van der Waals surface area contributed by atoms with Gasteiger partial charge in [-0.1, -0.05) is 18.2 Å². The molecule has 7 atom stereocenters. The van der Waals surface area contributed by atoms with E-state index < -0.39 is 72.8 Å². The molecule has 0 amide bonds. The highest BCUT2D eigenvalue weighted by Gasteiger charge is 2.52. The van der Waals surface area contributed by atoms with Gasteiger partial charge in [0.15, 0.2) is 53.7 Å². The Morgan fingerprint density at radius 3 is 1.84 bits per heavy atom. The average molecular weight is 707 g/mol. The standard InChI is InChI=1S/C34H42O16/c1-18(35)43-16-28(49-25-12-10-9-11-24(25)40-6)30(23-13-14-26(45-19(2)36)27(15-23)41-7)44-17-29-31(46-20(3)37)32(47-21(4)38)33(48-22(5)39)34(42-8)50-29/h9-15,28-34H,16-17H2,1-8H3/t28-,29-,30-,31+,32+,33-,34+/m1/s1. The maximum Gasteiger partial charge on any atom is 0.308 e. The maximum absolute atomic E-state index is 12.3. The largest absolute Gasteiger partial charge is 0.493 e. The molecule has 2 aromatic rings. The molecule has 50 heavy (non-hydrogen) atoms. The second-order valence-corrected chi connectivity index (χ2v) is 10.9. The minimum Gasteiger partial charge on any atom is -0.493 e. The molecule has 0 aromatic heterocycles. The van der Waals surface area contributed by atoms with Crippen LogP contribution in [0.15, 0.2) is 42.5 Å². The highest BCUT2D eigenvalue weighted by atomic mass is 16.7. The highest BCUT2D eigenvalue weighted by Crippen LogP contribution is 2.37. The van der Waals surface area contributed by atoms with Crippen molar-refractivity contribution in [3.05, 3.63) is 48.0 Å². The minimum atomic E-state index is -1.36. The van der Waals surface area contributed by atoms with Gasteiger partial charge >= 0.3 is 29.8 Å². The lowest BCUT2D eigenvalue weighted by atomic mass is 9.97. The summed E-state index contributed by atoms with van der Waals surface area (Å²) in [5, 5.41) is 0. The summed E-state index contributed by atoms with van der Waals surface area (Å²) in [6.07, 6.45) is -8.70. The third kappa shape index (κ3) is 11.0.